The molecule has 2 aromatic carbocycles. The number of para-hydroxylation sites is 2. The van der Waals surface area contributed by atoms with Crippen molar-refractivity contribution in [2.45, 2.75) is 37.7 Å². The maximum absolute atomic E-state index is 14.2. The van der Waals surface area contributed by atoms with E-state index in [4.69, 9.17) is 4.74 Å². The van der Waals surface area contributed by atoms with Crippen molar-refractivity contribution in [3.63, 3.8) is 0 Å². The molecule has 0 saturated heterocycles. The van der Waals surface area contributed by atoms with Crippen LogP contribution in [-0.4, -0.2) is 42.3 Å². The fourth-order valence-electron chi connectivity index (χ4n) is 4.83. The Morgan fingerprint density at radius 3 is 2.53 bits per heavy atom. The monoisotopic (exact) mass is 443 g/mol. The highest BCUT2D eigenvalue weighted by atomic mass is 19.1. The lowest BCUT2D eigenvalue weighted by Crippen LogP contribution is -2.55. The molecule has 32 heavy (non-hydrogen) atoms. The second kappa shape index (κ2) is 9.10. The molecule has 6 heteroatoms. The molecule has 2 atom stereocenters. The van der Waals surface area contributed by atoms with Crippen LogP contribution in [0.4, 0.5) is 13.2 Å². The molecule has 3 aromatic rings. The molecule has 0 amide bonds. The number of alkyl halides is 3. The summed E-state index contributed by atoms with van der Waals surface area (Å²) >= 11 is 0. The highest BCUT2D eigenvalue weighted by Gasteiger charge is 2.52. The third-order valence-corrected chi connectivity index (χ3v) is 6.90. The molecule has 1 N–H and O–H groups in total. The predicted molar refractivity (Wildman–Crippen MR) is 119 cm³/mol. The summed E-state index contributed by atoms with van der Waals surface area (Å²) in [6.07, 6.45) is 2.29. The average molecular weight is 444 g/mol. The zero-order valence-electron chi connectivity index (χ0n) is 18.2. The summed E-state index contributed by atoms with van der Waals surface area (Å²) in [5.74, 6) is 0.466. The number of fused-ring (bicyclic) bond motifs is 2. The van der Waals surface area contributed by atoms with Gasteiger partial charge in [-0.3, -0.25) is 18.2 Å². The Morgan fingerprint density at radius 1 is 1.03 bits per heavy atom. The minimum atomic E-state index is -2.15. The van der Waals surface area contributed by atoms with E-state index in [1.165, 1.54) is 0 Å². The number of aromatic nitrogens is 1. The second-order valence-electron chi connectivity index (χ2n) is 8.92. The molecular formula is C26H28F3NO2. The van der Waals surface area contributed by atoms with Gasteiger partial charge in [0.2, 0.25) is 0 Å². The number of rotatable bonds is 9. The lowest BCUT2D eigenvalue weighted by molar-refractivity contribution is -0.124. The van der Waals surface area contributed by atoms with Crippen LogP contribution in [0.2, 0.25) is 0 Å². The van der Waals surface area contributed by atoms with Crippen LogP contribution >= 0.6 is 0 Å². The van der Waals surface area contributed by atoms with Crippen molar-refractivity contribution in [2.24, 2.45) is 5.41 Å². The molecule has 3 nitrogen and oxygen atoms in total. The number of halogens is 3. The van der Waals surface area contributed by atoms with Crippen LogP contribution in [0, 0.1) is 5.41 Å². The van der Waals surface area contributed by atoms with Gasteiger partial charge in [0.1, 0.15) is 25.8 Å². The lowest BCUT2D eigenvalue weighted by Gasteiger charge is -2.44. The number of aliphatic hydroxyl groups is 1. The van der Waals surface area contributed by atoms with E-state index in [0.717, 1.165) is 28.7 Å². The Hall–Kier alpha value is -2.60. The van der Waals surface area contributed by atoms with E-state index < -0.39 is 31.0 Å². The highest BCUT2D eigenvalue weighted by molar-refractivity contribution is 5.82. The van der Waals surface area contributed by atoms with Gasteiger partial charge in [0, 0.05) is 24.4 Å². The van der Waals surface area contributed by atoms with Crippen LogP contribution in [0.15, 0.2) is 54.7 Å². The van der Waals surface area contributed by atoms with E-state index in [9.17, 15) is 18.3 Å². The Kier molecular flexibility index (Phi) is 6.42. The SMILES string of the molecule is CC(CC(O)(Cc1ccnc2ccccc12)C(CF)(CF)CF)c1cccc2c1OCC2. The zero-order valence-corrected chi connectivity index (χ0v) is 18.2. The third-order valence-electron chi connectivity index (χ3n) is 6.90. The summed E-state index contributed by atoms with van der Waals surface area (Å²) in [6.45, 7) is -1.43. The molecule has 4 rings (SSSR count). The van der Waals surface area contributed by atoms with Gasteiger partial charge in [0.05, 0.1) is 23.1 Å². The topological polar surface area (TPSA) is 42.4 Å². The summed E-state index contributed by atoms with van der Waals surface area (Å²) in [4.78, 5) is 4.32. The number of ether oxygens (including phenoxy) is 1. The smallest absolute Gasteiger partial charge is 0.126 e. The fourth-order valence-corrected chi connectivity index (χ4v) is 4.83. The maximum Gasteiger partial charge on any atom is 0.126 e. The molecule has 1 aliphatic heterocycles. The molecule has 0 radical (unpaired) electrons. The van der Waals surface area contributed by atoms with Gasteiger partial charge in [-0.15, -0.1) is 0 Å². The van der Waals surface area contributed by atoms with Crippen LogP contribution < -0.4 is 4.74 Å². The molecule has 2 unspecified atom stereocenters. The molecule has 0 aliphatic carbocycles. The highest BCUT2D eigenvalue weighted by Crippen LogP contribution is 2.45. The minimum Gasteiger partial charge on any atom is -0.493 e. The van der Waals surface area contributed by atoms with Crippen molar-refractivity contribution in [3.8, 4) is 5.75 Å². The van der Waals surface area contributed by atoms with Crippen molar-refractivity contribution < 1.29 is 23.0 Å². The zero-order chi connectivity index (χ0) is 22.8. The largest absolute Gasteiger partial charge is 0.493 e. The number of hydrogen-bond donors (Lipinski definition) is 1. The summed E-state index contributed by atoms with van der Waals surface area (Å²) in [7, 11) is 0. The summed E-state index contributed by atoms with van der Waals surface area (Å²) in [5, 5.41) is 12.6. The molecule has 0 fully saturated rings. The summed E-state index contributed by atoms with van der Waals surface area (Å²) < 4.78 is 48.5. The third kappa shape index (κ3) is 3.85. The number of nitrogens with zero attached hydrogens (tertiary/aromatic N) is 1. The van der Waals surface area contributed by atoms with E-state index in [2.05, 4.69) is 4.98 Å². The van der Waals surface area contributed by atoms with Crippen molar-refractivity contribution in [1.29, 1.82) is 0 Å². The van der Waals surface area contributed by atoms with Gasteiger partial charge < -0.3 is 9.84 Å². The molecular weight excluding hydrogens is 415 g/mol. The number of benzene rings is 2. The number of pyridine rings is 1. The average Bonchev–Trinajstić information content (AvgIpc) is 3.30. The Morgan fingerprint density at radius 2 is 1.78 bits per heavy atom. The lowest BCUT2D eigenvalue weighted by atomic mass is 9.66. The van der Waals surface area contributed by atoms with Crippen LogP contribution in [0.1, 0.15) is 36.0 Å². The normalized spacial score (nSPS) is 16.4. The molecule has 0 spiro atoms. The Balaban J connectivity index is 1.76. The summed E-state index contributed by atoms with van der Waals surface area (Å²) in [5.41, 5.74) is -0.782. The van der Waals surface area contributed by atoms with Crippen molar-refractivity contribution in [1.82, 2.24) is 4.98 Å². The Labute approximate surface area is 186 Å². The van der Waals surface area contributed by atoms with Crippen LogP contribution in [0.3, 0.4) is 0 Å². The fraction of sp³-hybridized carbons (Fsp3) is 0.423. The van der Waals surface area contributed by atoms with Gasteiger partial charge in [-0.05, 0) is 41.2 Å². The van der Waals surface area contributed by atoms with Crippen LogP contribution in [-0.2, 0) is 12.8 Å². The summed E-state index contributed by atoms with van der Waals surface area (Å²) in [6, 6.07) is 14.9. The van der Waals surface area contributed by atoms with Crippen LogP contribution in [0.5, 0.6) is 5.75 Å². The number of hydrogen-bond acceptors (Lipinski definition) is 3. The molecule has 0 bridgehead atoms. The van der Waals surface area contributed by atoms with Gasteiger partial charge in [0.25, 0.3) is 0 Å². The van der Waals surface area contributed by atoms with Gasteiger partial charge >= 0.3 is 0 Å². The first-order valence-corrected chi connectivity index (χ1v) is 10.9. The first kappa shape index (κ1) is 22.6. The van der Waals surface area contributed by atoms with Gasteiger partial charge in [-0.1, -0.05) is 43.3 Å². The minimum absolute atomic E-state index is 0.0127. The van der Waals surface area contributed by atoms with Gasteiger partial charge in [0.15, 0.2) is 0 Å². The first-order valence-electron chi connectivity index (χ1n) is 10.9. The Bertz CT molecular complexity index is 1070. The van der Waals surface area contributed by atoms with Gasteiger partial charge in [-0.2, -0.15) is 0 Å². The van der Waals surface area contributed by atoms with Crippen LogP contribution in [0.25, 0.3) is 10.9 Å². The van der Waals surface area contributed by atoms with Crippen molar-refractivity contribution >= 4 is 10.9 Å². The van der Waals surface area contributed by atoms with E-state index in [1.807, 2.05) is 49.4 Å². The second-order valence-corrected chi connectivity index (χ2v) is 8.92. The first-order chi connectivity index (χ1) is 15.5. The molecule has 1 aromatic heterocycles. The molecule has 0 saturated carbocycles. The standard InChI is InChI=1S/C26H28F3NO2/c1-18(21-7-4-5-19-10-12-32-24(19)21)13-26(31,25(15-27,16-28)17-29)14-20-9-11-30-23-8-3-2-6-22(20)23/h2-9,11,18,31H,10,12-17H2,1H3. The van der Waals surface area contributed by atoms with Crippen molar-refractivity contribution in [2.75, 3.05) is 26.6 Å². The maximum atomic E-state index is 14.2. The quantitative estimate of drug-likeness (QED) is 0.473. The molecule has 2 heterocycles. The molecule has 1 aliphatic rings. The predicted octanol–water partition coefficient (Wildman–Crippen LogP) is 5.53. The molecule has 170 valence electrons. The van der Waals surface area contributed by atoms with E-state index in [1.54, 1.807) is 12.3 Å². The van der Waals surface area contributed by atoms with E-state index in [0.29, 0.717) is 17.7 Å². The van der Waals surface area contributed by atoms with E-state index in [-0.39, 0.29) is 18.8 Å². The van der Waals surface area contributed by atoms with Gasteiger partial charge in [-0.25, -0.2) is 0 Å². The van der Waals surface area contributed by atoms with Crippen molar-refractivity contribution in [3.05, 3.63) is 71.4 Å². The van der Waals surface area contributed by atoms with E-state index >= 15 is 0 Å².